The van der Waals surface area contributed by atoms with Gasteiger partial charge in [-0.15, -0.1) is 0 Å². The summed E-state index contributed by atoms with van der Waals surface area (Å²) in [5.41, 5.74) is 8.88. The van der Waals surface area contributed by atoms with Gasteiger partial charge in [-0.3, -0.25) is 14.5 Å². The average Bonchev–Trinajstić information content (AvgIpc) is 3.04. The maximum atomic E-state index is 12.7. The van der Waals surface area contributed by atoms with Crippen LogP contribution in [0.4, 0.5) is 5.69 Å². The minimum Gasteiger partial charge on any atom is -0.481 e. The lowest BCUT2D eigenvalue weighted by atomic mass is 9.96. The highest BCUT2D eigenvalue weighted by Crippen LogP contribution is 2.26. The molecule has 2 aromatic carbocycles. The SMILES string of the molecule is Nc1ccc(-c2ccccc2C(=O)CN2CCC(C(=O)O)C2)cc1. The van der Waals surface area contributed by atoms with Crippen LogP contribution in [-0.2, 0) is 4.79 Å². The Morgan fingerprint density at radius 1 is 1.12 bits per heavy atom. The number of likely N-dealkylation sites (tertiary alicyclic amines) is 1. The van der Waals surface area contributed by atoms with E-state index in [-0.39, 0.29) is 18.2 Å². The number of ketones is 1. The molecule has 0 aliphatic carbocycles. The van der Waals surface area contributed by atoms with Gasteiger partial charge in [0.25, 0.3) is 0 Å². The van der Waals surface area contributed by atoms with Crippen LogP contribution in [0.1, 0.15) is 16.8 Å². The normalized spacial score (nSPS) is 17.8. The van der Waals surface area contributed by atoms with Gasteiger partial charge >= 0.3 is 5.97 Å². The number of nitrogens with two attached hydrogens (primary N) is 1. The Hall–Kier alpha value is -2.66. The van der Waals surface area contributed by atoms with Crippen molar-refractivity contribution in [1.29, 1.82) is 0 Å². The molecule has 0 bridgehead atoms. The zero-order chi connectivity index (χ0) is 17.1. The summed E-state index contributed by atoms with van der Waals surface area (Å²) in [5, 5.41) is 9.08. The minimum absolute atomic E-state index is 0.00784. The van der Waals surface area contributed by atoms with Crippen LogP contribution in [0.15, 0.2) is 48.5 Å². The predicted octanol–water partition coefficient (Wildman–Crippen LogP) is 2.53. The number of carbonyl (C=O) groups excluding carboxylic acids is 1. The summed E-state index contributed by atoms with van der Waals surface area (Å²) in [6.45, 7) is 1.33. The molecule has 124 valence electrons. The summed E-state index contributed by atoms with van der Waals surface area (Å²) in [4.78, 5) is 25.7. The highest BCUT2D eigenvalue weighted by atomic mass is 16.4. The molecule has 0 amide bonds. The number of hydrogen-bond acceptors (Lipinski definition) is 4. The van der Waals surface area contributed by atoms with Crippen LogP contribution in [0.2, 0.25) is 0 Å². The van der Waals surface area contributed by atoms with Crippen LogP contribution in [0.5, 0.6) is 0 Å². The molecule has 1 saturated heterocycles. The van der Waals surface area contributed by atoms with E-state index in [2.05, 4.69) is 0 Å². The van der Waals surface area contributed by atoms with Gasteiger partial charge in [0.15, 0.2) is 5.78 Å². The van der Waals surface area contributed by atoms with Gasteiger partial charge in [-0.2, -0.15) is 0 Å². The fourth-order valence-corrected chi connectivity index (χ4v) is 3.11. The zero-order valence-corrected chi connectivity index (χ0v) is 13.3. The monoisotopic (exact) mass is 324 g/mol. The zero-order valence-electron chi connectivity index (χ0n) is 13.3. The second-order valence-electron chi connectivity index (χ2n) is 6.15. The van der Waals surface area contributed by atoms with Crippen molar-refractivity contribution in [3.63, 3.8) is 0 Å². The second-order valence-corrected chi connectivity index (χ2v) is 6.15. The average molecular weight is 324 g/mol. The molecule has 1 unspecified atom stereocenters. The predicted molar refractivity (Wildman–Crippen MR) is 92.8 cm³/mol. The Morgan fingerprint density at radius 2 is 1.83 bits per heavy atom. The Bertz CT molecular complexity index is 755. The number of carbonyl (C=O) groups is 2. The van der Waals surface area contributed by atoms with E-state index < -0.39 is 5.97 Å². The lowest BCUT2D eigenvalue weighted by Gasteiger charge is -2.16. The van der Waals surface area contributed by atoms with E-state index in [1.807, 2.05) is 53.4 Å². The van der Waals surface area contributed by atoms with Crippen molar-refractivity contribution in [2.75, 3.05) is 25.4 Å². The van der Waals surface area contributed by atoms with Crippen molar-refractivity contribution in [2.24, 2.45) is 5.92 Å². The number of aliphatic carboxylic acids is 1. The molecule has 5 heteroatoms. The third-order valence-electron chi connectivity index (χ3n) is 4.44. The van der Waals surface area contributed by atoms with Crippen LogP contribution in [0, 0.1) is 5.92 Å². The lowest BCUT2D eigenvalue weighted by molar-refractivity contribution is -0.141. The number of anilines is 1. The molecule has 1 atom stereocenters. The van der Waals surface area contributed by atoms with Gasteiger partial charge < -0.3 is 10.8 Å². The first-order valence-corrected chi connectivity index (χ1v) is 7.98. The van der Waals surface area contributed by atoms with Gasteiger partial charge in [0, 0.05) is 17.8 Å². The van der Waals surface area contributed by atoms with Crippen molar-refractivity contribution in [3.8, 4) is 11.1 Å². The van der Waals surface area contributed by atoms with E-state index in [0.717, 1.165) is 11.1 Å². The van der Waals surface area contributed by atoms with Gasteiger partial charge in [0.05, 0.1) is 12.5 Å². The maximum absolute atomic E-state index is 12.7. The molecule has 1 aliphatic rings. The second kappa shape index (κ2) is 6.84. The molecule has 3 N–H and O–H groups in total. The summed E-state index contributed by atoms with van der Waals surface area (Å²) in [6.07, 6.45) is 0.599. The quantitative estimate of drug-likeness (QED) is 0.652. The number of hydrogen-bond donors (Lipinski definition) is 2. The molecular formula is C19H20N2O3. The van der Waals surface area contributed by atoms with E-state index in [0.29, 0.717) is 30.8 Å². The number of benzene rings is 2. The number of nitrogen functional groups attached to an aromatic ring is 1. The first-order chi connectivity index (χ1) is 11.5. The van der Waals surface area contributed by atoms with E-state index >= 15 is 0 Å². The highest BCUT2D eigenvalue weighted by molar-refractivity contribution is 6.03. The minimum atomic E-state index is -0.785. The third kappa shape index (κ3) is 3.46. The Labute approximate surface area is 140 Å². The topological polar surface area (TPSA) is 83.6 Å². The summed E-state index contributed by atoms with van der Waals surface area (Å²) in [6, 6.07) is 14.9. The van der Waals surface area contributed by atoms with Crippen molar-refractivity contribution in [3.05, 3.63) is 54.1 Å². The summed E-state index contributed by atoms with van der Waals surface area (Å²) >= 11 is 0. The maximum Gasteiger partial charge on any atom is 0.307 e. The van der Waals surface area contributed by atoms with Crippen molar-refractivity contribution >= 4 is 17.4 Å². The van der Waals surface area contributed by atoms with Gasteiger partial charge in [0.2, 0.25) is 0 Å². The molecule has 1 aliphatic heterocycles. The van der Waals surface area contributed by atoms with Gasteiger partial charge in [0.1, 0.15) is 0 Å². The van der Waals surface area contributed by atoms with Crippen LogP contribution < -0.4 is 5.73 Å². The molecule has 5 nitrogen and oxygen atoms in total. The third-order valence-corrected chi connectivity index (χ3v) is 4.44. The molecule has 0 spiro atoms. The Morgan fingerprint density at radius 3 is 2.50 bits per heavy atom. The Balaban J connectivity index is 1.78. The summed E-state index contributed by atoms with van der Waals surface area (Å²) < 4.78 is 0. The standard InChI is InChI=1S/C19H20N2O3/c20-15-7-5-13(6-8-15)16-3-1-2-4-17(16)18(22)12-21-10-9-14(11-21)19(23)24/h1-8,14H,9-12,20H2,(H,23,24). The van der Waals surface area contributed by atoms with Crippen molar-refractivity contribution in [1.82, 2.24) is 4.90 Å². The molecule has 0 radical (unpaired) electrons. The van der Waals surface area contributed by atoms with E-state index in [1.54, 1.807) is 0 Å². The first kappa shape index (κ1) is 16.2. The highest BCUT2D eigenvalue weighted by Gasteiger charge is 2.29. The number of rotatable bonds is 5. The molecule has 1 heterocycles. The molecule has 2 aromatic rings. The number of carboxylic acid groups (broad SMARTS) is 1. The van der Waals surface area contributed by atoms with Crippen LogP contribution in [-0.4, -0.2) is 41.4 Å². The summed E-state index contributed by atoms with van der Waals surface area (Å²) in [5.74, 6) is -1.15. The van der Waals surface area contributed by atoms with Crippen LogP contribution >= 0.6 is 0 Å². The number of carboxylic acids is 1. The molecule has 0 aromatic heterocycles. The number of nitrogens with zero attached hydrogens (tertiary/aromatic N) is 1. The van der Waals surface area contributed by atoms with Crippen LogP contribution in [0.25, 0.3) is 11.1 Å². The molecule has 24 heavy (non-hydrogen) atoms. The fraction of sp³-hybridized carbons (Fsp3) is 0.263. The van der Waals surface area contributed by atoms with Crippen LogP contribution in [0.3, 0.4) is 0 Å². The Kier molecular flexibility index (Phi) is 4.62. The van der Waals surface area contributed by atoms with E-state index in [1.165, 1.54) is 0 Å². The smallest absolute Gasteiger partial charge is 0.307 e. The molecule has 1 fully saturated rings. The first-order valence-electron chi connectivity index (χ1n) is 7.98. The molecule has 0 saturated carbocycles. The van der Waals surface area contributed by atoms with Gasteiger partial charge in [-0.1, -0.05) is 36.4 Å². The molecular weight excluding hydrogens is 304 g/mol. The lowest BCUT2D eigenvalue weighted by Crippen LogP contribution is -2.29. The van der Waals surface area contributed by atoms with Crippen molar-refractivity contribution in [2.45, 2.75) is 6.42 Å². The van der Waals surface area contributed by atoms with Gasteiger partial charge in [-0.05, 0) is 36.2 Å². The van der Waals surface area contributed by atoms with Crippen molar-refractivity contribution < 1.29 is 14.7 Å². The van der Waals surface area contributed by atoms with E-state index in [9.17, 15) is 9.59 Å². The van der Waals surface area contributed by atoms with Gasteiger partial charge in [-0.25, -0.2) is 0 Å². The largest absolute Gasteiger partial charge is 0.481 e. The summed E-state index contributed by atoms with van der Waals surface area (Å²) in [7, 11) is 0. The number of Topliss-reactive ketones (excluding diaryl/α,β-unsaturated/α-hetero) is 1. The fourth-order valence-electron chi connectivity index (χ4n) is 3.11. The molecule has 3 rings (SSSR count). The van der Waals surface area contributed by atoms with E-state index in [4.69, 9.17) is 10.8 Å².